The molecule has 24 nitrogen and oxygen atoms in total. The molecular formula is C46H66N12O12S2. The van der Waals surface area contributed by atoms with Gasteiger partial charge >= 0.3 is 0 Å². The summed E-state index contributed by atoms with van der Waals surface area (Å²) in [6, 6.07) is 0.568. The molecule has 3 rings (SSSR count). The first-order valence-corrected chi connectivity index (χ1v) is 25.7. The Hall–Kier alpha value is -6.96. The number of primary amides is 3. The number of hydrogen-bond acceptors (Lipinski definition) is 15. The molecule has 26 heteroatoms. The highest BCUT2D eigenvalue weighted by Crippen LogP contribution is 2.24. The van der Waals surface area contributed by atoms with Crippen LogP contribution in [0, 0.1) is 11.8 Å². The molecule has 1 aliphatic heterocycles. The molecule has 14 N–H and O–H groups in total. The fraction of sp³-hybridized carbons (Fsp3) is 0.522. The number of phenolic OH excluding ortho intramolecular Hbond substituents is 1. The van der Waals surface area contributed by atoms with E-state index in [4.69, 9.17) is 17.2 Å². The lowest BCUT2D eigenvalue weighted by Gasteiger charge is -2.30. The maximum Gasteiger partial charge on any atom is 0.246 e. The number of hydrogen-bond donors (Lipinski definition) is 11. The molecule has 7 atom stereocenters. The van der Waals surface area contributed by atoms with E-state index < -0.39 is 139 Å². The fourth-order valence-corrected chi connectivity index (χ4v) is 9.26. The lowest BCUT2D eigenvalue weighted by Crippen LogP contribution is -2.61. The quantitative estimate of drug-likeness (QED) is 0.0632. The molecular weight excluding hydrogens is 977 g/mol. The van der Waals surface area contributed by atoms with Crippen molar-refractivity contribution >= 4 is 86.6 Å². The molecule has 1 fully saturated rings. The van der Waals surface area contributed by atoms with Crippen molar-refractivity contribution in [2.45, 2.75) is 115 Å². The van der Waals surface area contributed by atoms with E-state index in [-0.39, 0.29) is 49.0 Å². The first-order chi connectivity index (χ1) is 34.1. The van der Waals surface area contributed by atoms with Crippen molar-refractivity contribution in [2.75, 3.05) is 24.6 Å². The first-order valence-electron chi connectivity index (χ1n) is 23.2. The summed E-state index contributed by atoms with van der Waals surface area (Å²) in [4.78, 5) is 153. The minimum atomic E-state index is -1.78. The Labute approximate surface area is 424 Å². The van der Waals surface area contributed by atoms with Gasteiger partial charge in [0.1, 0.15) is 42.0 Å². The topological polar surface area (TPSA) is 386 Å². The van der Waals surface area contributed by atoms with Crippen LogP contribution in [0.3, 0.4) is 0 Å². The molecule has 0 saturated carbocycles. The van der Waals surface area contributed by atoms with Crippen LogP contribution in [-0.4, -0.2) is 141 Å². The van der Waals surface area contributed by atoms with Crippen molar-refractivity contribution in [3.63, 3.8) is 0 Å². The Morgan fingerprint density at radius 1 is 0.806 bits per heavy atom. The molecule has 0 radical (unpaired) electrons. The van der Waals surface area contributed by atoms with E-state index in [1.807, 2.05) is 0 Å². The molecule has 2 heterocycles. The monoisotopic (exact) mass is 1040 g/mol. The second-order valence-electron chi connectivity index (χ2n) is 17.6. The van der Waals surface area contributed by atoms with E-state index in [9.17, 15) is 57.8 Å². The van der Waals surface area contributed by atoms with Crippen LogP contribution in [0.2, 0.25) is 0 Å². The summed E-state index contributed by atoms with van der Waals surface area (Å²) in [5.41, 5.74) is 17.2. The van der Waals surface area contributed by atoms with Gasteiger partial charge in [0.15, 0.2) is 0 Å². The van der Waals surface area contributed by atoms with E-state index >= 15 is 0 Å². The smallest absolute Gasteiger partial charge is 0.246 e. The van der Waals surface area contributed by atoms with Crippen LogP contribution in [0.1, 0.15) is 77.3 Å². The molecule has 1 saturated heterocycles. The van der Waals surface area contributed by atoms with Crippen molar-refractivity contribution in [1.82, 2.24) is 47.1 Å². The average Bonchev–Trinajstić information content (AvgIpc) is 3.31. The fourth-order valence-electron chi connectivity index (χ4n) is 7.11. The Bertz CT molecular complexity index is 2240. The molecule has 11 amide bonds. The normalized spacial score (nSPS) is 20.5. The predicted molar refractivity (Wildman–Crippen MR) is 266 cm³/mol. The third-order valence-corrected chi connectivity index (χ3v) is 13.5. The van der Waals surface area contributed by atoms with Crippen LogP contribution in [-0.2, 0) is 65.7 Å². The average molecular weight is 1040 g/mol. The second kappa shape index (κ2) is 30.0. The Morgan fingerprint density at radius 3 is 2.08 bits per heavy atom. The lowest BCUT2D eigenvalue weighted by molar-refractivity contribution is -0.141. The van der Waals surface area contributed by atoms with Gasteiger partial charge in [0.25, 0.3) is 0 Å². The van der Waals surface area contributed by atoms with Gasteiger partial charge in [-0.1, -0.05) is 73.9 Å². The number of benzene rings is 1. The number of carbonyl (C=O) groups excluding carboxylic acids is 11. The minimum absolute atomic E-state index is 0.0339. The van der Waals surface area contributed by atoms with Crippen LogP contribution in [0.15, 0.2) is 48.8 Å². The number of nitrogens with two attached hydrogens (primary N) is 3. The molecule has 1 aliphatic rings. The first kappa shape index (κ1) is 59.3. The molecule has 0 bridgehead atoms. The number of carbonyl (C=O) groups is 11. The summed E-state index contributed by atoms with van der Waals surface area (Å²) in [5.74, 6) is -10.2. The number of nitrogens with one attached hydrogen (secondary N) is 7. The Balaban J connectivity index is 2.09. The minimum Gasteiger partial charge on any atom is -0.508 e. The van der Waals surface area contributed by atoms with Crippen LogP contribution in [0.5, 0.6) is 5.75 Å². The van der Waals surface area contributed by atoms with Crippen molar-refractivity contribution < 1.29 is 57.8 Å². The van der Waals surface area contributed by atoms with E-state index in [1.54, 1.807) is 52.0 Å². The summed E-state index contributed by atoms with van der Waals surface area (Å²) < 4.78 is 0. The Morgan fingerprint density at radius 2 is 1.47 bits per heavy atom. The third-order valence-electron chi connectivity index (χ3n) is 11.1. The summed E-state index contributed by atoms with van der Waals surface area (Å²) in [6.07, 6.45) is 1.56. The van der Waals surface area contributed by atoms with Gasteiger partial charge in [-0.2, -0.15) is 0 Å². The number of pyridine rings is 1. The number of aromatic nitrogens is 1. The van der Waals surface area contributed by atoms with Crippen LogP contribution in [0.25, 0.3) is 0 Å². The molecule has 394 valence electrons. The van der Waals surface area contributed by atoms with Crippen molar-refractivity contribution in [1.29, 1.82) is 0 Å². The van der Waals surface area contributed by atoms with Crippen LogP contribution in [0.4, 0.5) is 0 Å². The van der Waals surface area contributed by atoms with Gasteiger partial charge in [-0.3, -0.25) is 57.7 Å². The molecule has 0 aliphatic carbocycles. The van der Waals surface area contributed by atoms with Gasteiger partial charge in [-0.05, 0) is 54.0 Å². The highest BCUT2D eigenvalue weighted by molar-refractivity contribution is 8.76. The standard InChI is InChI=1S/C46H66N12O12S2/c1-5-26(4)40-45(69)54-30(12-13-35(47)60)42(66)55-33(19-36(48)61)43(67)56-34(24-72-71-16-14-38(63)52-32(44(68)57-40)18-27-8-10-29(59)11-9-27)46(70)58(22-28-7-6-15-50-20-28)23-39(64)53-31(17-25(2)3)41(65)51-21-37(49)62/h6-11,15,20,25-26,30-34,40,59H,5,12-14,16-19,21-24H2,1-4H3,(H2,47,60)(H2,48,61)(H2,49,62)(H,51,65)(H,52,63)(H,53,64)(H,54,69)(H,55,66)(H,56,67)(H,57,68)/t26-,30-,31-,32-,33-,34-,40-/m0/s1. The summed E-state index contributed by atoms with van der Waals surface area (Å²) in [6.45, 7) is 5.61. The molecule has 0 unspecified atom stereocenters. The highest BCUT2D eigenvalue weighted by atomic mass is 33.1. The van der Waals surface area contributed by atoms with E-state index in [1.165, 1.54) is 24.5 Å². The Kier molecular flexibility index (Phi) is 24.8. The van der Waals surface area contributed by atoms with E-state index in [0.29, 0.717) is 17.5 Å². The van der Waals surface area contributed by atoms with E-state index in [0.717, 1.165) is 26.5 Å². The molecule has 1 aromatic heterocycles. The maximum absolute atomic E-state index is 14.8. The summed E-state index contributed by atoms with van der Waals surface area (Å²) >= 11 is 0. The van der Waals surface area contributed by atoms with Gasteiger partial charge in [0, 0.05) is 49.7 Å². The highest BCUT2D eigenvalue weighted by Gasteiger charge is 2.36. The predicted octanol–water partition coefficient (Wildman–Crippen LogP) is -2.11. The van der Waals surface area contributed by atoms with Gasteiger partial charge in [0.05, 0.1) is 19.5 Å². The number of amides is 11. The van der Waals surface area contributed by atoms with Gasteiger partial charge in [-0.15, -0.1) is 0 Å². The zero-order valence-electron chi connectivity index (χ0n) is 40.6. The van der Waals surface area contributed by atoms with Crippen molar-refractivity contribution in [3.05, 3.63) is 59.9 Å². The maximum atomic E-state index is 14.8. The lowest BCUT2D eigenvalue weighted by atomic mass is 9.96. The molecule has 1 aromatic carbocycles. The third kappa shape index (κ3) is 21.2. The van der Waals surface area contributed by atoms with E-state index in [2.05, 4.69) is 42.2 Å². The zero-order valence-corrected chi connectivity index (χ0v) is 42.2. The van der Waals surface area contributed by atoms with Crippen LogP contribution < -0.4 is 54.4 Å². The number of rotatable bonds is 20. The largest absolute Gasteiger partial charge is 0.508 e. The molecule has 0 spiro atoms. The number of phenols is 1. The molecule has 2 aromatic rings. The van der Waals surface area contributed by atoms with Crippen molar-refractivity contribution in [2.24, 2.45) is 29.0 Å². The summed E-state index contributed by atoms with van der Waals surface area (Å²) in [7, 11) is 2.17. The number of aromatic hydroxyl groups is 1. The number of nitrogens with zero attached hydrogens (tertiary/aromatic N) is 2. The van der Waals surface area contributed by atoms with Crippen molar-refractivity contribution in [3.8, 4) is 5.75 Å². The summed E-state index contributed by atoms with van der Waals surface area (Å²) in [5, 5.41) is 27.8. The van der Waals surface area contributed by atoms with Crippen LogP contribution >= 0.6 is 21.6 Å². The zero-order chi connectivity index (χ0) is 53.5. The van der Waals surface area contributed by atoms with Gasteiger partial charge in [0.2, 0.25) is 65.0 Å². The van der Waals surface area contributed by atoms with Gasteiger partial charge < -0.3 is 64.4 Å². The SMILES string of the molecule is CC[C@H](C)[C@@H]1NC(=O)[C@H](Cc2ccc(O)cc2)NC(=O)CCSSC[C@@H](C(=O)N(CC(=O)N[C@@H](CC(C)C)C(=O)NCC(N)=O)Cc2cccnc2)NC(=O)[C@H](CC(N)=O)NC(=O)[C@H](CCC(N)=O)NC1=O. The van der Waals surface area contributed by atoms with Gasteiger partial charge in [-0.25, -0.2) is 0 Å². The second-order valence-corrected chi connectivity index (χ2v) is 20.2. The molecule has 72 heavy (non-hydrogen) atoms.